The second kappa shape index (κ2) is 7.87. The van der Waals surface area contributed by atoms with Crippen LogP contribution < -0.4 is 5.32 Å². The quantitative estimate of drug-likeness (QED) is 0.847. The smallest absolute Gasteiger partial charge is 0.0773 e. The minimum atomic E-state index is 0.280. The van der Waals surface area contributed by atoms with Crippen molar-refractivity contribution in [1.82, 2.24) is 30.1 Å². The molecular formula is C15H30N6. The van der Waals surface area contributed by atoms with Crippen LogP contribution in [-0.4, -0.2) is 71.1 Å². The SMILES string of the molecule is CCCn1nncc1C(NCC)C1CN(C)CCCN1C. The standard InChI is InChI=1S/C15H30N6/c1-5-8-21-13(11-17-18-21)15(16-6-2)14-12-19(3)9-7-10-20(14)4/h11,14-16H,5-10,12H2,1-4H3. The van der Waals surface area contributed by atoms with E-state index in [-0.39, 0.29) is 6.04 Å². The van der Waals surface area contributed by atoms with Gasteiger partial charge in [0.15, 0.2) is 0 Å². The van der Waals surface area contributed by atoms with Gasteiger partial charge in [-0.25, -0.2) is 4.68 Å². The summed E-state index contributed by atoms with van der Waals surface area (Å²) in [7, 11) is 4.46. The molecule has 1 aromatic rings. The third-order valence-electron chi connectivity index (χ3n) is 4.33. The van der Waals surface area contributed by atoms with Gasteiger partial charge in [0.2, 0.25) is 0 Å². The first-order valence-electron chi connectivity index (χ1n) is 8.17. The number of hydrogen-bond acceptors (Lipinski definition) is 5. The van der Waals surface area contributed by atoms with Crippen LogP contribution >= 0.6 is 0 Å². The van der Waals surface area contributed by atoms with Gasteiger partial charge in [-0.15, -0.1) is 5.10 Å². The molecule has 1 aromatic heterocycles. The fourth-order valence-electron chi connectivity index (χ4n) is 3.22. The van der Waals surface area contributed by atoms with Gasteiger partial charge in [-0.3, -0.25) is 0 Å². The molecule has 1 saturated heterocycles. The number of rotatable bonds is 6. The van der Waals surface area contributed by atoms with E-state index in [1.165, 1.54) is 18.7 Å². The zero-order valence-electron chi connectivity index (χ0n) is 13.9. The molecular weight excluding hydrogens is 264 g/mol. The van der Waals surface area contributed by atoms with Crippen molar-refractivity contribution in [3.63, 3.8) is 0 Å². The maximum atomic E-state index is 4.27. The van der Waals surface area contributed by atoms with Gasteiger partial charge in [0.05, 0.1) is 17.9 Å². The highest BCUT2D eigenvalue weighted by Gasteiger charge is 2.31. The largest absolute Gasteiger partial charge is 0.308 e. The topological polar surface area (TPSA) is 49.2 Å². The van der Waals surface area contributed by atoms with Crippen molar-refractivity contribution in [3.8, 4) is 0 Å². The molecule has 21 heavy (non-hydrogen) atoms. The molecule has 0 spiro atoms. The summed E-state index contributed by atoms with van der Waals surface area (Å²) < 4.78 is 2.06. The van der Waals surface area contributed by atoms with E-state index in [0.717, 1.165) is 32.6 Å². The molecule has 1 N–H and O–H groups in total. The molecule has 2 unspecified atom stereocenters. The molecule has 2 atom stereocenters. The number of aryl methyl sites for hydroxylation is 1. The maximum Gasteiger partial charge on any atom is 0.0773 e. The van der Waals surface area contributed by atoms with Crippen LogP contribution in [0.2, 0.25) is 0 Å². The summed E-state index contributed by atoms with van der Waals surface area (Å²) in [5.74, 6) is 0. The lowest BCUT2D eigenvalue weighted by molar-refractivity contribution is 0.174. The fourth-order valence-corrected chi connectivity index (χ4v) is 3.22. The van der Waals surface area contributed by atoms with Crippen LogP contribution in [0.1, 0.15) is 38.4 Å². The van der Waals surface area contributed by atoms with Crippen LogP contribution in [0.15, 0.2) is 6.20 Å². The van der Waals surface area contributed by atoms with Gasteiger partial charge >= 0.3 is 0 Å². The van der Waals surface area contributed by atoms with Crippen LogP contribution in [-0.2, 0) is 6.54 Å². The van der Waals surface area contributed by atoms with Crippen LogP contribution in [0, 0.1) is 0 Å². The molecule has 6 nitrogen and oxygen atoms in total. The van der Waals surface area contributed by atoms with Gasteiger partial charge in [0.25, 0.3) is 0 Å². The average molecular weight is 294 g/mol. The first kappa shape index (κ1) is 16.4. The number of aromatic nitrogens is 3. The zero-order chi connectivity index (χ0) is 15.2. The van der Waals surface area contributed by atoms with Crippen molar-refractivity contribution in [3.05, 3.63) is 11.9 Å². The van der Waals surface area contributed by atoms with E-state index in [9.17, 15) is 0 Å². The van der Waals surface area contributed by atoms with Gasteiger partial charge < -0.3 is 15.1 Å². The monoisotopic (exact) mass is 294 g/mol. The second-order valence-corrected chi connectivity index (χ2v) is 6.08. The van der Waals surface area contributed by atoms with Crippen molar-refractivity contribution in [2.75, 3.05) is 40.3 Å². The molecule has 1 fully saturated rings. The lowest BCUT2D eigenvalue weighted by Gasteiger charge is -2.35. The predicted molar refractivity (Wildman–Crippen MR) is 85.3 cm³/mol. The van der Waals surface area contributed by atoms with E-state index in [1.807, 2.05) is 6.20 Å². The first-order valence-corrected chi connectivity index (χ1v) is 8.17. The van der Waals surface area contributed by atoms with E-state index < -0.39 is 0 Å². The fraction of sp³-hybridized carbons (Fsp3) is 0.867. The Hall–Kier alpha value is -0.980. The van der Waals surface area contributed by atoms with Crippen LogP contribution in [0.3, 0.4) is 0 Å². The predicted octanol–water partition coefficient (Wildman–Crippen LogP) is 0.975. The van der Waals surface area contributed by atoms with Crippen molar-refractivity contribution >= 4 is 0 Å². The number of nitrogens with one attached hydrogen (secondary N) is 1. The Kier molecular flexibility index (Phi) is 6.14. The van der Waals surface area contributed by atoms with E-state index in [1.54, 1.807) is 0 Å². The maximum absolute atomic E-state index is 4.27. The van der Waals surface area contributed by atoms with E-state index in [0.29, 0.717) is 6.04 Å². The Labute approximate surface area is 128 Å². The van der Waals surface area contributed by atoms with Gasteiger partial charge in [0.1, 0.15) is 0 Å². The summed E-state index contributed by atoms with van der Waals surface area (Å²) in [6.07, 6.45) is 4.24. The average Bonchev–Trinajstić information content (AvgIpc) is 2.84. The Balaban J connectivity index is 2.25. The van der Waals surface area contributed by atoms with E-state index in [4.69, 9.17) is 0 Å². The molecule has 0 bridgehead atoms. The van der Waals surface area contributed by atoms with Gasteiger partial charge in [-0.2, -0.15) is 0 Å². The second-order valence-electron chi connectivity index (χ2n) is 6.08. The summed E-state index contributed by atoms with van der Waals surface area (Å²) >= 11 is 0. The Morgan fingerprint density at radius 2 is 2.14 bits per heavy atom. The highest BCUT2D eigenvalue weighted by molar-refractivity contribution is 5.08. The molecule has 0 aliphatic carbocycles. The molecule has 0 aromatic carbocycles. The summed E-state index contributed by atoms with van der Waals surface area (Å²) in [6, 6.07) is 0.730. The Bertz CT molecular complexity index is 418. The summed E-state index contributed by atoms with van der Waals surface area (Å²) in [5, 5.41) is 12.1. The lowest BCUT2D eigenvalue weighted by Crippen LogP contribution is -2.47. The number of hydrogen-bond donors (Lipinski definition) is 1. The molecule has 120 valence electrons. The third kappa shape index (κ3) is 4.02. The van der Waals surface area contributed by atoms with Crippen LogP contribution in [0.25, 0.3) is 0 Å². The molecule has 6 heteroatoms. The molecule has 0 radical (unpaired) electrons. The van der Waals surface area contributed by atoms with Crippen molar-refractivity contribution in [2.24, 2.45) is 0 Å². The molecule has 1 aliphatic rings. The molecule has 1 aliphatic heterocycles. The van der Waals surface area contributed by atoms with Crippen molar-refractivity contribution in [1.29, 1.82) is 0 Å². The molecule has 0 saturated carbocycles. The lowest BCUT2D eigenvalue weighted by atomic mass is 10.0. The normalized spacial score (nSPS) is 23.1. The summed E-state index contributed by atoms with van der Waals surface area (Å²) in [5.41, 5.74) is 1.21. The van der Waals surface area contributed by atoms with Crippen LogP contribution in [0.5, 0.6) is 0 Å². The van der Waals surface area contributed by atoms with E-state index in [2.05, 4.69) is 58.1 Å². The highest BCUT2D eigenvalue weighted by atomic mass is 15.4. The van der Waals surface area contributed by atoms with Crippen molar-refractivity contribution in [2.45, 2.75) is 45.3 Å². The molecule has 2 rings (SSSR count). The summed E-state index contributed by atoms with van der Waals surface area (Å²) in [4.78, 5) is 4.92. The molecule has 0 amide bonds. The third-order valence-corrected chi connectivity index (χ3v) is 4.33. The zero-order valence-corrected chi connectivity index (χ0v) is 13.9. The Morgan fingerprint density at radius 3 is 2.86 bits per heavy atom. The van der Waals surface area contributed by atoms with Crippen LogP contribution in [0.4, 0.5) is 0 Å². The van der Waals surface area contributed by atoms with E-state index >= 15 is 0 Å². The highest BCUT2D eigenvalue weighted by Crippen LogP contribution is 2.22. The van der Waals surface area contributed by atoms with Crippen molar-refractivity contribution < 1.29 is 0 Å². The van der Waals surface area contributed by atoms with Gasteiger partial charge in [-0.1, -0.05) is 19.1 Å². The minimum Gasteiger partial charge on any atom is -0.308 e. The first-order chi connectivity index (χ1) is 10.2. The molecule has 2 heterocycles. The van der Waals surface area contributed by atoms with Gasteiger partial charge in [0, 0.05) is 19.1 Å². The minimum absolute atomic E-state index is 0.280. The van der Waals surface area contributed by atoms with Gasteiger partial charge in [-0.05, 0) is 46.6 Å². The summed E-state index contributed by atoms with van der Waals surface area (Å²) in [6.45, 7) is 9.63. The Morgan fingerprint density at radius 1 is 1.33 bits per heavy atom. The number of likely N-dealkylation sites (N-methyl/N-ethyl adjacent to an activating group) is 3. The number of nitrogens with zero attached hydrogens (tertiary/aromatic N) is 5.